The monoisotopic (exact) mass is 300 g/mol. The van der Waals surface area contributed by atoms with Crippen molar-refractivity contribution in [2.45, 2.75) is 20.3 Å². The van der Waals surface area contributed by atoms with E-state index in [1.165, 1.54) is 0 Å². The van der Waals surface area contributed by atoms with Crippen LogP contribution in [0.15, 0.2) is 35.7 Å². The first-order valence-electron chi connectivity index (χ1n) is 7.41. The van der Waals surface area contributed by atoms with Gasteiger partial charge in [0.1, 0.15) is 0 Å². The van der Waals surface area contributed by atoms with E-state index < -0.39 is 0 Å². The summed E-state index contributed by atoms with van der Waals surface area (Å²) < 4.78 is 0. The minimum Gasteiger partial charge on any atom is -0.348 e. The van der Waals surface area contributed by atoms with E-state index in [0.717, 1.165) is 29.5 Å². The molecule has 3 rings (SSSR count). The number of hydrogen-bond acceptors (Lipinski definition) is 4. The number of nitrogens with zero attached hydrogens (tertiary/aromatic N) is 2. The topological polar surface area (TPSA) is 33.2 Å². The van der Waals surface area contributed by atoms with Crippen molar-refractivity contribution < 1.29 is 4.79 Å². The molecule has 1 aliphatic heterocycles. The molecule has 1 aromatic carbocycles. The van der Waals surface area contributed by atoms with Crippen molar-refractivity contribution in [3.05, 3.63) is 47.0 Å². The van der Waals surface area contributed by atoms with Gasteiger partial charge in [-0.25, -0.2) is 4.98 Å². The molecule has 2 aromatic rings. The summed E-state index contributed by atoms with van der Waals surface area (Å²) in [6.45, 7) is 6.72. The Hall–Kier alpha value is -1.68. The lowest BCUT2D eigenvalue weighted by Crippen LogP contribution is -2.19. The normalized spacial score (nSPS) is 21.7. The van der Waals surface area contributed by atoms with Gasteiger partial charge in [0.05, 0.1) is 12.1 Å². The van der Waals surface area contributed by atoms with Crippen molar-refractivity contribution in [3.63, 3.8) is 0 Å². The number of carbonyl (C=O) groups excluding carboxylic acids is 1. The molecule has 2 unspecified atom stereocenters. The summed E-state index contributed by atoms with van der Waals surface area (Å²) in [5.41, 5.74) is 1.64. The first kappa shape index (κ1) is 14.3. The third-order valence-corrected chi connectivity index (χ3v) is 5.19. The van der Waals surface area contributed by atoms with E-state index in [0.29, 0.717) is 18.3 Å². The highest BCUT2D eigenvalue weighted by Crippen LogP contribution is 2.30. The molecule has 0 amide bonds. The fourth-order valence-corrected chi connectivity index (χ4v) is 3.54. The Balaban J connectivity index is 1.67. The Kier molecular flexibility index (Phi) is 4.06. The van der Waals surface area contributed by atoms with Crippen molar-refractivity contribution in [3.8, 4) is 0 Å². The van der Waals surface area contributed by atoms with Crippen molar-refractivity contribution in [1.29, 1.82) is 0 Å². The first-order chi connectivity index (χ1) is 10.1. The molecule has 0 radical (unpaired) electrons. The van der Waals surface area contributed by atoms with Crippen molar-refractivity contribution >= 4 is 22.3 Å². The minimum absolute atomic E-state index is 0.135. The van der Waals surface area contributed by atoms with Gasteiger partial charge in [-0.05, 0) is 11.8 Å². The summed E-state index contributed by atoms with van der Waals surface area (Å²) in [7, 11) is 0. The number of aromatic nitrogens is 1. The summed E-state index contributed by atoms with van der Waals surface area (Å²) in [5.74, 6) is 1.56. The molecule has 21 heavy (non-hydrogen) atoms. The lowest BCUT2D eigenvalue weighted by molar-refractivity contribution is 0.0992. The zero-order valence-electron chi connectivity index (χ0n) is 12.5. The number of carbonyl (C=O) groups is 1. The third kappa shape index (κ3) is 3.16. The number of hydrogen-bond donors (Lipinski definition) is 0. The van der Waals surface area contributed by atoms with Gasteiger partial charge in [-0.2, -0.15) is 0 Å². The number of ketones is 1. The molecular formula is C17H20N2OS. The number of anilines is 1. The maximum atomic E-state index is 12.2. The number of thiazole rings is 1. The quantitative estimate of drug-likeness (QED) is 0.808. The van der Waals surface area contributed by atoms with Crippen LogP contribution >= 0.6 is 11.3 Å². The van der Waals surface area contributed by atoms with Crippen molar-refractivity contribution in [1.82, 2.24) is 4.98 Å². The van der Waals surface area contributed by atoms with Crippen LogP contribution in [0, 0.1) is 11.8 Å². The van der Waals surface area contributed by atoms with E-state index >= 15 is 0 Å². The molecule has 1 fully saturated rings. The van der Waals surface area contributed by atoms with Gasteiger partial charge in [0, 0.05) is 24.0 Å². The van der Waals surface area contributed by atoms with Crippen LogP contribution in [-0.2, 0) is 6.42 Å². The molecule has 110 valence electrons. The number of benzene rings is 1. The highest BCUT2D eigenvalue weighted by molar-refractivity contribution is 7.13. The molecule has 2 atom stereocenters. The van der Waals surface area contributed by atoms with E-state index in [4.69, 9.17) is 0 Å². The molecule has 1 aromatic heterocycles. The summed E-state index contributed by atoms with van der Waals surface area (Å²) >= 11 is 1.65. The second-order valence-corrected chi connectivity index (χ2v) is 6.78. The van der Waals surface area contributed by atoms with Crippen LogP contribution in [0.2, 0.25) is 0 Å². The summed E-state index contributed by atoms with van der Waals surface area (Å²) in [5, 5.41) is 3.08. The second kappa shape index (κ2) is 5.98. The Morgan fingerprint density at radius 1 is 1.24 bits per heavy atom. The average molecular weight is 300 g/mol. The van der Waals surface area contributed by atoms with E-state index in [1.807, 2.05) is 35.7 Å². The van der Waals surface area contributed by atoms with E-state index in [9.17, 15) is 4.79 Å². The van der Waals surface area contributed by atoms with E-state index in [2.05, 4.69) is 23.7 Å². The maximum Gasteiger partial charge on any atom is 0.185 e. The van der Waals surface area contributed by atoms with Gasteiger partial charge in [0.25, 0.3) is 0 Å². The minimum atomic E-state index is 0.135. The molecular weight excluding hydrogens is 280 g/mol. The molecule has 0 aliphatic carbocycles. The van der Waals surface area contributed by atoms with Gasteiger partial charge in [-0.15, -0.1) is 11.3 Å². The van der Waals surface area contributed by atoms with Gasteiger partial charge in [0.2, 0.25) is 0 Å². The van der Waals surface area contributed by atoms with Gasteiger partial charge in [-0.1, -0.05) is 44.2 Å². The van der Waals surface area contributed by atoms with Crippen molar-refractivity contribution in [2.24, 2.45) is 11.8 Å². The molecule has 4 heteroatoms. The predicted octanol–water partition coefficient (Wildman–Crippen LogP) is 3.66. The fourth-order valence-electron chi connectivity index (χ4n) is 2.70. The third-order valence-electron chi connectivity index (χ3n) is 4.24. The van der Waals surface area contributed by atoms with Crippen LogP contribution in [0.5, 0.6) is 0 Å². The average Bonchev–Trinajstić information content (AvgIpc) is 3.07. The molecule has 0 saturated carbocycles. The van der Waals surface area contributed by atoms with Gasteiger partial charge < -0.3 is 4.90 Å². The highest BCUT2D eigenvalue weighted by atomic mass is 32.1. The number of rotatable bonds is 4. The van der Waals surface area contributed by atoms with Crippen LogP contribution in [-0.4, -0.2) is 23.9 Å². The zero-order valence-corrected chi connectivity index (χ0v) is 13.3. The van der Waals surface area contributed by atoms with Gasteiger partial charge in [-0.3, -0.25) is 4.79 Å². The summed E-state index contributed by atoms with van der Waals surface area (Å²) in [6.07, 6.45) is 0.388. The van der Waals surface area contributed by atoms with Crippen LogP contribution in [0.1, 0.15) is 29.9 Å². The zero-order chi connectivity index (χ0) is 14.8. The predicted molar refractivity (Wildman–Crippen MR) is 87.1 cm³/mol. The second-order valence-electron chi connectivity index (χ2n) is 5.95. The van der Waals surface area contributed by atoms with Gasteiger partial charge in [0.15, 0.2) is 10.9 Å². The molecule has 0 bridgehead atoms. The fraction of sp³-hybridized carbons (Fsp3) is 0.412. The van der Waals surface area contributed by atoms with Crippen molar-refractivity contribution in [2.75, 3.05) is 18.0 Å². The van der Waals surface area contributed by atoms with Crippen LogP contribution < -0.4 is 4.90 Å². The Morgan fingerprint density at radius 3 is 2.57 bits per heavy atom. The SMILES string of the molecule is CC1CN(c2nc(CC(=O)c3ccccc3)cs2)CC1C. The molecule has 3 nitrogen and oxygen atoms in total. The standard InChI is InChI=1S/C17H20N2OS/c1-12-9-19(10-13(12)2)17-18-15(11-21-17)8-16(20)14-6-4-3-5-7-14/h3-7,11-13H,8-10H2,1-2H3. The number of Topliss-reactive ketones (excluding diaryl/α,β-unsaturated/α-hetero) is 1. The molecule has 0 N–H and O–H groups in total. The Morgan fingerprint density at radius 2 is 1.90 bits per heavy atom. The largest absolute Gasteiger partial charge is 0.348 e. The van der Waals surface area contributed by atoms with E-state index in [1.54, 1.807) is 11.3 Å². The molecule has 1 saturated heterocycles. The first-order valence-corrected chi connectivity index (χ1v) is 8.29. The van der Waals surface area contributed by atoms with Crippen LogP contribution in [0.4, 0.5) is 5.13 Å². The maximum absolute atomic E-state index is 12.2. The van der Waals surface area contributed by atoms with Crippen LogP contribution in [0.3, 0.4) is 0 Å². The summed E-state index contributed by atoms with van der Waals surface area (Å²) in [6, 6.07) is 9.44. The van der Waals surface area contributed by atoms with Crippen LogP contribution in [0.25, 0.3) is 0 Å². The lowest BCUT2D eigenvalue weighted by Gasteiger charge is -2.13. The Labute approximate surface area is 129 Å². The van der Waals surface area contributed by atoms with E-state index in [-0.39, 0.29) is 5.78 Å². The molecule has 0 spiro atoms. The molecule has 2 heterocycles. The molecule has 1 aliphatic rings. The van der Waals surface area contributed by atoms with Gasteiger partial charge >= 0.3 is 0 Å². The summed E-state index contributed by atoms with van der Waals surface area (Å²) in [4.78, 5) is 19.2. The smallest absolute Gasteiger partial charge is 0.185 e. The lowest BCUT2D eigenvalue weighted by atomic mass is 10.0. The highest BCUT2D eigenvalue weighted by Gasteiger charge is 2.27. The Bertz CT molecular complexity index is 613.